The molecule has 102 valence electrons. The average molecular weight is 283 g/mol. The summed E-state index contributed by atoms with van der Waals surface area (Å²) in [7, 11) is 0. The fourth-order valence-corrected chi connectivity index (χ4v) is 3.53. The Morgan fingerprint density at radius 3 is 2.65 bits per heavy atom. The Balaban J connectivity index is 2.14. The molecule has 0 amide bonds. The number of hydrogen-bond donors (Lipinski definition) is 1. The van der Waals surface area contributed by atoms with Crippen molar-refractivity contribution in [3.05, 3.63) is 47.8 Å². The fraction of sp³-hybridized carbons (Fsp3) is 0.235. The standard InChI is InChI=1S/C17H17NOS/c1-3-12-6-8-14(15(4-2)18-12)17-9-11-5-7-13(19)10-16(11)20-17/h5-10,19H,3-4H2,1-2H3. The lowest BCUT2D eigenvalue weighted by Gasteiger charge is -2.06. The SMILES string of the molecule is CCc1ccc(-c2cc3ccc(O)cc3s2)c(CC)n1. The Hall–Kier alpha value is -1.87. The van der Waals surface area contributed by atoms with Gasteiger partial charge in [0.05, 0.1) is 0 Å². The van der Waals surface area contributed by atoms with E-state index in [9.17, 15) is 5.11 Å². The minimum atomic E-state index is 0.320. The van der Waals surface area contributed by atoms with Crippen LogP contribution in [0, 0.1) is 0 Å². The molecule has 1 aromatic carbocycles. The molecule has 0 unspecified atom stereocenters. The summed E-state index contributed by atoms with van der Waals surface area (Å²) in [6.07, 6.45) is 1.90. The van der Waals surface area contributed by atoms with Gasteiger partial charge in [-0.2, -0.15) is 0 Å². The number of pyridine rings is 1. The lowest BCUT2D eigenvalue weighted by molar-refractivity contribution is 0.476. The van der Waals surface area contributed by atoms with Gasteiger partial charge in [-0.1, -0.05) is 13.8 Å². The van der Waals surface area contributed by atoms with Gasteiger partial charge in [-0.15, -0.1) is 11.3 Å². The zero-order chi connectivity index (χ0) is 14.1. The normalized spacial score (nSPS) is 11.1. The summed E-state index contributed by atoms with van der Waals surface area (Å²) in [5.41, 5.74) is 3.51. The molecule has 0 aliphatic carbocycles. The Labute approximate surface area is 122 Å². The molecule has 3 rings (SSSR count). The number of thiophene rings is 1. The average Bonchev–Trinajstić information content (AvgIpc) is 2.89. The molecule has 0 spiro atoms. The van der Waals surface area contributed by atoms with Gasteiger partial charge in [0.1, 0.15) is 5.75 Å². The summed E-state index contributed by atoms with van der Waals surface area (Å²) in [6.45, 7) is 4.27. The van der Waals surface area contributed by atoms with Crippen LogP contribution in [0.2, 0.25) is 0 Å². The monoisotopic (exact) mass is 283 g/mol. The minimum absolute atomic E-state index is 0.320. The number of phenols is 1. The number of aromatic nitrogens is 1. The molecule has 3 aromatic rings. The van der Waals surface area contributed by atoms with E-state index in [0.29, 0.717) is 5.75 Å². The van der Waals surface area contributed by atoms with E-state index in [1.807, 2.05) is 12.1 Å². The molecular weight excluding hydrogens is 266 g/mol. The van der Waals surface area contributed by atoms with Crippen molar-refractivity contribution < 1.29 is 5.11 Å². The third kappa shape index (κ3) is 2.29. The van der Waals surface area contributed by atoms with Gasteiger partial charge in [0.2, 0.25) is 0 Å². The minimum Gasteiger partial charge on any atom is -0.508 e. The van der Waals surface area contributed by atoms with Crippen molar-refractivity contribution in [2.45, 2.75) is 26.7 Å². The summed E-state index contributed by atoms with van der Waals surface area (Å²) in [5.74, 6) is 0.320. The largest absolute Gasteiger partial charge is 0.508 e. The molecule has 0 aliphatic rings. The number of hydrogen-bond acceptors (Lipinski definition) is 3. The number of phenolic OH excluding ortho intramolecular Hbond substituents is 1. The highest BCUT2D eigenvalue weighted by atomic mass is 32.1. The van der Waals surface area contributed by atoms with Crippen LogP contribution >= 0.6 is 11.3 Å². The van der Waals surface area contributed by atoms with Crippen molar-refractivity contribution in [1.29, 1.82) is 0 Å². The summed E-state index contributed by atoms with van der Waals surface area (Å²) < 4.78 is 1.11. The van der Waals surface area contributed by atoms with Gasteiger partial charge in [0.15, 0.2) is 0 Å². The maximum atomic E-state index is 9.57. The van der Waals surface area contributed by atoms with Crippen molar-refractivity contribution in [1.82, 2.24) is 4.98 Å². The third-order valence-corrected chi connectivity index (χ3v) is 4.63. The highest BCUT2D eigenvalue weighted by Crippen LogP contribution is 2.36. The maximum absolute atomic E-state index is 9.57. The van der Waals surface area contributed by atoms with E-state index in [-0.39, 0.29) is 0 Å². The van der Waals surface area contributed by atoms with Gasteiger partial charge in [-0.05, 0) is 54.6 Å². The maximum Gasteiger partial charge on any atom is 0.117 e. The van der Waals surface area contributed by atoms with E-state index in [0.717, 1.165) is 28.9 Å². The van der Waals surface area contributed by atoms with Gasteiger partial charge < -0.3 is 5.11 Å². The number of aromatic hydroxyl groups is 1. The first-order chi connectivity index (χ1) is 9.71. The molecule has 0 aliphatic heterocycles. The lowest BCUT2D eigenvalue weighted by Crippen LogP contribution is -1.95. The Morgan fingerprint density at radius 1 is 1.05 bits per heavy atom. The van der Waals surface area contributed by atoms with Gasteiger partial charge in [-0.3, -0.25) is 4.98 Å². The number of fused-ring (bicyclic) bond motifs is 1. The van der Waals surface area contributed by atoms with Crippen LogP contribution in [0.3, 0.4) is 0 Å². The Kier molecular flexibility index (Phi) is 3.45. The van der Waals surface area contributed by atoms with Crippen molar-refractivity contribution in [2.75, 3.05) is 0 Å². The predicted molar refractivity (Wildman–Crippen MR) is 85.5 cm³/mol. The molecule has 0 saturated carbocycles. The molecule has 0 bridgehead atoms. The first-order valence-electron chi connectivity index (χ1n) is 6.93. The molecule has 0 saturated heterocycles. The molecule has 1 N–H and O–H groups in total. The molecular formula is C17H17NOS. The molecule has 2 aromatic heterocycles. The Bertz CT molecular complexity index is 761. The van der Waals surface area contributed by atoms with Crippen LogP contribution in [0.25, 0.3) is 20.5 Å². The summed E-state index contributed by atoms with van der Waals surface area (Å²) in [6, 6.07) is 12.0. The van der Waals surface area contributed by atoms with E-state index in [1.165, 1.54) is 15.8 Å². The van der Waals surface area contributed by atoms with E-state index in [4.69, 9.17) is 4.98 Å². The van der Waals surface area contributed by atoms with Gasteiger partial charge in [0.25, 0.3) is 0 Å². The number of nitrogens with zero attached hydrogens (tertiary/aromatic N) is 1. The van der Waals surface area contributed by atoms with Gasteiger partial charge >= 0.3 is 0 Å². The molecule has 2 heterocycles. The van der Waals surface area contributed by atoms with Crippen LogP contribution in [0.1, 0.15) is 25.2 Å². The van der Waals surface area contributed by atoms with Crippen molar-refractivity contribution in [3.63, 3.8) is 0 Å². The van der Waals surface area contributed by atoms with E-state index in [1.54, 1.807) is 17.4 Å². The van der Waals surface area contributed by atoms with Crippen LogP contribution in [-0.2, 0) is 12.8 Å². The predicted octanol–water partition coefficient (Wildman–Crippen LogP) is 4.79. The van der Waals surface area contributed by atoms with Gasteiger partial charge in [0, 0.05) is 26.5 Å². The first kappa shape index (κ1) is 13.1. The number of benzene rings is 1. The topological polar surface area (TPSA) is 33.1 Å². The second-order valence-electron chi connectivity index (χ2n) is 4.84. The van der Waals surface area contributed by atoms with Crippen molar-refractivity contribution in [3.8, 4) is 16.2 Å². The molecule has 0 radical (unpaired) electrons. The lowest BCUT2D eigenvalue weighted by atomic mass is 10.1. The number of aryl methyl sites for hydroxylation is 2. The summed E-state index contributed by atoms with van der Waals surface area (Å²) in [4.78, 5) is 5.95. The van der Waals surface area contributed by atoms with Crippen LogP contribution in [-0.4, -0.2) is 10.1 Å². The zero-order valence-electron chi connectivity index (χ0n) is 11.7. The second kappa shape index (κ2) is 5.25. The van der Waals surface area contributed by atoms with Crippen LogP contribution in [0.5, 0.6) is 5.75 Å². The highest BCUT2D eigenvalue weighted by Gasteiger charge is 2.10. The number of rotatable bonds is 3. The summed E-state index contributed by atoms with van der Waals surface area (Å²) in [5, 5.41) is 10.7. The van der Waals surface area contributed by atoms with E-state index < -0.39 is 0 Å². The quantitative estimate of drug-likeness (QED) is 0.749. The molecule has 0 atom stereocenters. The smallest absolute Gasteiger partial charge is 0.117 e. The van der Waals surface area contributed by atoms with E-state index >= 15 is 0 Å². The Morgan fingerprint density at radius 2 is 1.90 bits per heavy atom. The van der Waals surface area contributed by atoms with Crippen molar-refractivity contribution in [2.24, 2.45) is 0 Å². The van der Waals surface area contributed by atoms with E-state index in [2.05, 4.69) is 32.0 Å². The fourth-order valence-electron chi connectivity index (χ4n) is 2.39. The van der Waals surface area contributed by atoms with Crippen LogP contribution < -0.4 is 0 Å². The third-order valence-electron chi connectivity index (χ3n) is 3.50. The van der Waals surface area contributed by atoms with Crippen LogP contribution in [0.4, 0.5) is 0 Å². The van der Waals surface area contributed by atoms with Gasteiger partial charge in [-0.25, -0.2) is 0 Å². The summed E-state index contributed by atoms with van der Waals surface area (Å²) >= 11 is 1.71. The molecule has 2 nitrogen and oxygen atoms in total. The molecule has 3 heteroatoms. The zero-order valence-corrected chi connectivity index (χ0v) is 12.5. The highest BCUT2D eigenvalue weighted by molar-refractivity contribution is 7.22. The first-order valence-corrected chi connectivity index (χ1v) is 7.74. The van der Waals surface area contributed by atoms with Crippen LogP contribution in [0.15, 0.2) is 36.4 Å². The second-order valence-corrected chi connectivity index (χ2v) is 5.92. The molecule has 20 heavy (non-hydrogen) atoms. The van der Waals surface area contributed by atoms with Crippen molar-refractivity contribution >= 4 is 21.4 Å². The molecule has 0 fully saturated rings.